The van der Waals surface area contributed by atoms with Crippen LogP contribution in [0.5, 0.6) is 0 Å². The number of amides is 1. The minimum atomic E-state index is -0.0748. The molecule has 4 heteroatoms. The molecule has 0 spiro atoms. The van der Waals surface area contributed by atoms with Crippen LogP contribution in [0.15, 0.2) is 40.9 Å². The van der Waals surface area contributed by atoms with Gasteiger partial charge in [-0.2, -0.15) is 0 Å². The van der Waals surface area contributed by atoms with E-state index >= 15 is 0 Å². The minimum Gasteiger partial charge on any atom is -0.398 e. The van der Waals surface area contributed by atoms with E-state index in [4.69, 9.17) is 5.73 Å². The van der Waals surface area contributed by atoms with Crippen LogP contribution in [0.1, 0.15) is 21.5 Å². The number of hydrogen-bond acceptors (Lipinski definition) is 2. The number of hydrogen-bond donors (Lipinski definition) is 1. The van der Waals surface area contributed by atoms with E-state index in [1.807, 2.05) is 26.0 Å². The van der Waals surface area contributed by atoms with Crippen molar-refractivity contribution in [3.05, 3.63) is 57.6 Å². The third-order valence-corrected chi connectivity index (χ3v) is 3.86. The van der Waals surface area contributed by atoms with Crippen molar-refractivity contribution in [3.63, 3.8) is 0 Å². The van der Waals surface area contributed by atoms with Crippen molar-refractivity contribution in [1.82, 2.24) is 0 Å². The highest BCUT2D eigenvalue weighted by molar-refractivity contribution is 9.10. The highest BCUT2D eigenvalue weighted by Crippen LogP contribution is 2.23. The predicted molar refractivity (Wildman–Crippen MR) is 87.2 cm³/mol. The Hall–Kier alpha value is -1.81. The van der Waals surface area contributed by atoms with E-state index in [0.717, 1.165) is 21.3 Å². The molecular formula is C16H17BrN2O. The Kier molecular flexibility index (Phi) is 4.14. The molecule has 20 heavy (non-hydrogen) atoms. The number of aryl methyl sites for hydroxylation is 2. The van der Waals surface area contributed by atoms with Crippen molar-refractivity contribution in [2.24, 2.45) is 0 Å². The molecule has 0 aliphatic rings. The fourth-order valence-corrected chi connectivity index (χ4v) is 2.38. The molecule has 0 fully saturated rings. The summed E-state index contributed by atoms with van der Waals surface area (Å²) in [5.74, 6) is -0.0748. The summed E-state index contributed by atoms with van der Waals surface area (Å²) in [6.45, 7) is 4.04. The first-order chi connectivity index (χ1) is 9.38. The molecular weight excluding hydrogens is 316 g/mol. The van der Waals surface area contributed by atoms with Gasteiger partial charge in [0, 0.05) is 28.5 Å². The number of anilines is 2. The van der Waals surface area contributed by atoms with Gasteiger partial charge in [-0.3, -0.25) is 4.79 Å². The Balaban J connectivity index is 2.34. The normalized spacial score (nSPS) is 10.4. The lowest BCUT2D eigenvalue weighted by atomic mass is 10.1. The van der Waals surface area contributed by atoms with Crippen LogP contribution < -0.4 is 10.6 Å². The second kappa shape index (κ2) is 5.67. The van der Waals surface area contributed by atoms with E-state index in [-0.39, 0.29) is 5.91 Å². The summed E-state index contributed by atoms with van der Waals surface area (Å²) in [5, 5.41) is 0. The first-order valence-electron chi connectivity index (χ1n) is 6.30. The van der Waals surface area contributed by atoms with Crippen LogP contribution in [-0.4, -0.2) is 13.0 Å². The first-order valence-corrected chi connectivity index (χ1v) is 7.09. The molecule has 3 nitrogen and oxygen atoms in total. The molecule has 2 aromatic rings. The van der Waals surface area contributed by atoms with Crippen LogP contribution in [-0.2, 0) is 0 Å². The van der Waals surface area contributed by atoms with E-state index < -0.39 is 0 Å². The summed E-state index contributed by atoms with van der Waals surface area (Å²) >= 11 is 3.33. The van der Waals surface area contributed by atoms with Gasteiger partial charge >= 0.3 is 0 Å². The van der Waals surface area contributed by atoms with E-state index in [1.54, 1.807) is 30.1 Å². The maximum atomic E-state index is 12.5. The van der Waals surface area contributed by atoms with Crippen LogP contribution >= 0.6 is 15.9 Å². The molecule has 2 N–H and O–H groups in total. The Morgan fingerprint density at radius 1 is 1.10 bits per heavy atom. The molecule has 0 radical (unpaired) electrons. The molecule has 0 saturated carbocycles. The van der Waals surface area contributed by atoms with E-state index in [0.29, 0.717) is 11.3 Å². The molecule has 1 amide bonds. The number of rotatable bonds is 2. The summed E-state index contributed by atoms with van der Waals surface area (Å²) in [4.78, 5) is 14.1. The van der Waals surface area contributed by atoms with E-state index in [2.05, 4.69) is 22.0 Å². The quantitative estimate of drug-likeness (QED) is 0.847. The Morgan fingerprint density at radius 2 is 1.70 bits per heavy atom. The zero-order chi connectivity index (χ0) is 14.9. The second-order valence-electron chi connectivity index (χ2n) is 4.95. The van der Waals surface area contributed by atoms with Crippen LogP contribution in [0.2, 0.25) is 0 Å². The SMILES string of the molecule is Cc1cc(C)cc(N(C)C(=O)c2ccc(Br)c(N)c2)c1. The van der Waals surface area contributed by atoms with Crippen LogP contribution in [0.25, 0.3) is 0 Å². The summed E-state index contributed by atoms with van der Waals surface area (Å²) < 4.78 is 0.795. The topological polar surface area (TPSA) is 46.3 Å². The first kappa shape index (κ1) is 14.6. The highest BCUT2D eigenvalue weighted by atomic mass is 79.9. The monoisotopic (exact) mass is 332 g/mol. The Bertz CT molecular complexity index is 647. The lowest BCUT2D eigenvalue weighted by Crippen LogP contribution is -2.26. The number of nitrogen functional groups attached to an aromatic ring is 1. The predicted octanol–water partition coefficient (Wildman–Crippen LogP) is 3.92. The third kappa shape index (κ3) is 3.02. The van der Waals surface area contributed by atoms with E-state index in [1.165, 1.54) is 0 Å². The van der Waals surface area contributed by atoms with Gasteiger partial charge in [0.1, 0.15) is 0 Å². The van der Waals surface area contributed by atoms with Crippen molar-refractivity contribution in [1.29, 1.82) is 0 Å². The maximum absolute atomic E-state index is 12.5. The zero-order valence-corrected chi connectivity index (χ0v) is 13.4. The Labute approximate surface area is 127 Å². The number of halogens is 1. The molecule has 0 atom stereocenters. The number of benzene rings is 2. The molecule has 0 aliphatic heterocycles. The average molecular weight is 333 g/mol. The van der Waals surface area contributed by atoms with Gasteiger partial charge in [-0.05, 0) is 71.2 Å². The smallest absolute Gasteiger partial charge is 0.258 e. The zero-order valence-electron chi connectivity index (χ0n) is 11.8. The third-order valence-electron chi connectivity index (χ3n) is 3.14. The van der Waals surface area contributed by atoms with Gasteiger partial charge in [0.2, 0.25) is 0 Å². The molecule has 2 rings (SSSR count). The van der Waals surface area contributed by atoms with Crippen molar-refractivity contribution < 1.29 is 4.79 Å². The van der Waals surface area contributed by atoms with Gasteiger partial charge in [0.05, 0.1) is 0 Å². The number of nitrogens with zero attached hydrogens (tertiary/aromatic N) is 1. The lowest BCUT2D eigenvalue weighted by Gasteiger charge is -2.19. The van der Waals surface area contributed by atoms with Gasteiger partial charge in [-0.15, -0.1) is 0 Å². The van der Waals surface area contributed by atoms with Gasteiger partial charge in [-0.25, -0.2) is 0 Å². The average Bonchev–Trinajstić information content (AvgIpc) is 2.39. The van der Waals surface area contributed by atoms with Crippen molar-refractivity contribution in [3.8, 4) is 0 Å². The molecule has 0 unspecified atom stereocenters. The van der Waals surface area contributed by atoms with Crippen LogP contribution in [0.3, 0.4) is 0 Å². The fraction of sp³-hybridized carbons (Fsp3) is 0.188. The van der Waals surface area contributed by atoms with Crippen LogP contribution in [0, 0.1) is 13.8 Å². The lowest BCUT2D eigenvalue weighted by molar-refractivity contribution is 0.0993. The summed E-state index contributed by atoms with van der Waals surface area (Å²) in [6, 6.07) is 11.3. The van der Waals surface area contributed by atoms with Gasteiger partial charge in [0.15, 0.2) is 0 Å². The summed E-state index contributed by atoms with van der Waals surface area (Å²) in [7, 11) is 1.77. The second-order valence-corrected chi connectivity index (χ2v) is 5.80. The molecule has 0 heterocycles. The minimum absolute atomic E-state index is 0.0748. The van der Waals surface area contributed by atoms with Gasteiger partial charge in [-0.1, -0.05) is 6.07 Å². The largest absolute Gasteiger partial charge is 0.398 e. The highest BCUT2D eigenvalue weighted by Gasteiger charge is 2.14. The number of nitrogens with two attached hydrogens (primary N) is 1. The van der Waals surface area contributed by atoms with Gasteiger partial charge in [0.25, 0.3) is 5.91 Å². The number of carbonyl (C=O) groups excluding carboxylic acids is 1. The Morgan fingerprint density at radius 3 is 2.25 bits per heavy atom. The van der Waals surface area contributed by atoms with Crippen molar-refractivity contribution >= 4 is 33.2 Å². The van der Waals surface area contributed by atoms with Crippen molar-refractivity contribution in [2.45, 2.75) is 13.8 Å². The van der Waals surface area contributed by atoms with Gasteiger partial charge < -0.3 is 10.6 Å². The van der Waals surface area contributed by atoms with Crippen LogP contribution in [0.4, 0.5) is 11.4 Å². The molecule has 0 bridgehead atoms. The number of carbonyl (C=O) groups is 1. The van der Waals surface area contributed by atoms with Crippen molar-refractivity contribution in [2.75, 3.05) is 17.7 Å². The standard InChI is InChI=1S/C16H17BrN2O/c1-10-6-11(2)8-13(7-10)19(3)16(20)12-4-5-14(17)15(18)9-12/h4-9H,18H2,1-3H3. The summed E-state index contributed by atoms with van der Waals surface area (Å²) in [6.07, 6.45) is 0. The molecule has 0 aliphatic carbocycles. The van der Waals surface area contributed by atoms with E-state index in [9.17, 15) is 4.79 Å². The molecule has 0 saturated heterocycles. The summed E-state index contributed by atoms with van der Waals surface area (Å²) in [5.41, 5.74) is 10.1. The molecule has 104 valence electrons. The fourth-order valence-electron chi connectivity index (χ4n) is 2.13. The molecule has 0 aromatic heterocycles. The molecule has 2 aromatic carbocycles. The maximum Gasteiger partial charge on any atom is 0.258 e.